The first kappa shape index (κ1) is 15.9. The summed E-state index contributed by atoms with van der Waals surface area (Å²) < 4.78 is 0. The Morgan fingerprint density at radius 3 is 2.58 bits per heavy atom. The van der Waals surface area contributed by atoms with Crippen molar-refractivity contribution in [3.05, 3.63) is 65.7 Å². The summed E-state index contributed by atoms with van der Waals surface area (Å²) in [6.07, 6.45) is 0.221. The van der Waals surface area contributed by atoms with Gasteiger partial charge in [-0.25, -0.2) is 5.48 Å². The fourth-order valence-electron chi connectivity index (χ4n) is 2.64. The molecule has 6 heteroatoms. The van der Waals surface area contributed by atoms with Crippen molar-refractivity contribution in [3.63, 3.8) is 0 Å². The average Bonchev–Trinajstić information content (AvgIpc) is 2.76. The van der Waals surface area contributed by atoms with Gasteiger partial charge in [0.05, 0.1) is 11.4 Å². The normalized spacial score (nSPS) is 16.5. The molecule has 3 N–H and O–H groups in total. The number of hydrogen-bond acceptors (Lipinski definition) is 4. The molecule has 2 aromatic carbocycles. The zero-order chi connectivity index (χ0) is 16.9. The number of carbonyl (C=O) groups is 2. The van der Waals surface area contributed by atoms with E-state index >= 15 is 0 Å². The van der Waals surface area contributed by atoms with Gasteiger partial charge in [-0.2, -0.15) is 0 Å². The quantitative estimate of drug-likeness (QED) is 0.594. The van der Waals surface area contributed by atoms with Crippen LogP contribution in [0.15, 0.2) is 59.6 Å². The predicted octanol–water partition coefficient (Wildman–Crippen LogP) is 2.13. The largest absolute Gasteiger partial charge is 0.324 e. The van der Waals surface area contributed by atoms with Crippen LogP contribution in [0.1, 0.15) is 24.0 Å². The van der Waals surface area contributed by atoms with Crippen molar-refractivity contribution < 1.29 is 14.8 Å². The summed E-state index contributed by atoms with van der Waals surface area (Å²) >= 11 is 0. The van der Waals surface area contributed by atoms with E-state index in [0.29, 0.717) is 11.4 Å². The molecule has 1 aliphatic heterocycles. The van der Waals surface area contributed by atoms with Gasteiger partial charge in [-0.1, -0.05) is 48.5 Å². The van der Waals surface area contributed by atoms with Crippen LogP contribution in [0.3, 0.4) is 0 Å². The number of amides is 2. The first-order valence-electron chi connectivity index (χ1n) is 7.65. The Kier molecular flexibility index (Phi) is 4.67. The molecule has 1 aliphatic rings. The highest BCUT2D eigenvalue weighted by atomic mass is 16.5. The van der Waals surface area contributed by atoms with E-state index in [4.69, 9.17) is 5.21 Å². The number of anilines is 1. The lowest BCUT2D eigenvalue weighted by Crippen LogP contribution is -2.28. The van der Waals surface area contributed by atoms with Gasteiger partial charge in [0.2, 0.25) is 11.8 Å². The van der Waals surface area contributed by atoms with E-state index in [0.717, 1.165) is 11.1 Å². The second-order valence-corrected chi connectivity index (χ2v) is 5.47. The SMILES string of the molecule is O=C(CC[C@H]1N=C(c2ccccc2)c2ccccc2NC1=O)NO. The fraction of sp³-hybridized carbons (Fsp3) is 0.167. The third kappa shape index (κ3) is 3.33. The van der Waals surface area contributed by atoms with E-state index in [9.17, 15) is 9.59 Å². The Morgan fingerprint density at radius 1 is 1.12 bits per heavy atom. The van der Waals surface area contributed by atoms with E-state index < -0.39 is 11.9 Å². The summed E-state index contributed by atoms with van der Waals surface area (Å²) in [6, 6.07) is 16.4. The Bertz CT molecular complexity index is 787. The number of hydroxylamine groups is 1. The van der Waals surface area contributed by atoms with E-state index in [1.165, 1.54) is 0 Å². The predicted molar refractivity (Wildman–Crippen MR) is 90.1 cm³/mol. The Hall–Kier alpha value is -2.99. The van der Waals surface area contributed by atoms with Crippen molar-refractivity contribution in [3.8, 4) is 0 Å². The standard InChI is InChI=1S/C18H17N3O3/c22-16(21-24)11-10-15-18(23)20-14-9-5-4-8-13(14)17(19-15)12-6-2-1-3-7-12/h1-9,15,24H,10-11H2,(H,20,23)(H,21,22)/t15-/m1/s1. The summed E-state index contributed by atoms with van der Waals surface area (Å²) in [5.41, 5.74) is 4.72. The fourth-order valence-corrected chi connectivity index (χ4v) is 2.64. The number of carbonyl (C=O) groups excluding carboxylic acids is 2. The third-order valence-electron chi connectivity index (χ3n) is 3.84. The van der Waals surface area contributed by atoms with Crippen molar-refractivity contribution in [2.24, 2.45) is 4.99 Å². The van der Waals surface area contributed by atoms with Crippen molar-refractivity contribution in [1.82, 2.24) is 5.48 Å². The summed E-state index contributed by atoms with van der Waals surface area (Å²) in [5, 5.41) is 11.5. The highest BCUT2D eigenvalue weighted by Gasteiger charge is 2.25. The second kappa shape index (κ2) is 7.06. The zero-order valence-electron chi connectivity index (χ0n) is 12.9. The lowest BCUT2D eigenvalue weighted by atomic mass is 10.0. The Morgan fingerprint density at radius 2 is 1.83 bits per heavy atom. The van der Waals surface area contributed by atoms with Crippen molar-refractivity contribution >= 4 is 23.2 Å². The minimum atomic E-state index is -0.704. The number of nitrogens with zero attached hydrogens (tertiary/aromatic N) is 1. The van der Waals surface area contributed by atoms with Crippen LogP contribution >= 0.6 is 0 Å². The molecular weight excluding hydrogens is 306 g/mol. The molecule has 0 bridgehead atoms. The Labute approximate surface area is 139 Å². The van der Waals surface area contributed by atoms with Crippen molar-refractivity contribution in [2.45, 2.75) is 18.9 Å². The molecule has 24 heavy (non-hydrogen) atoms. The van der Waals surface area contributed by atoms with Crippen LogP contribution < -0.4 is 10.8 Å². The van der Waals surface area contributed by atoms with E-state index in [1.807, 2.05) is 54.6 Å². The molecule has 2 amide bonds. The molecule has 1 atom stereocenters. The Balaban J connectivity index is 2.02. The van der Waals surface area contributed by atoms with Crippen LogP contribution in [-0.4, -0.2) is 28.8 Å². The van der Waals surface area contributed by atoms with Crippen LogP contribution in [0.25, 0.3) is 0 Å². The van der Waals surface area contributed by atoms with Gasteiger partial charge in [0.25, 0.3) is 0 Å². The third-order valence-corrected chi connectivity index (χ3v) is 3.84. The molecule has 6 nitrogen and oxygen atoms in total. The molecule has 3 rings (SSSR count). The van der Waals surface area contributed by atoms with Gasteiger partial charge < -0.3 is 5.32 Å². The summed E-state index contributed by atoms with van der Waals surface area (Å²) in [6.45, 7) is 0. The second-order valence-electron chi connectivity index (χ2n) is 5.47. The average molecular weight is 323 g/mol. The molecular formula is C18H17N3O3. The van der Waals surface area contributed by atoms with Gasteiger partial charge >= 0.3 is 0 Å². The van der Waals surface area contributed by atoms with Gasteiger partial charge in [0.1, 0.15) is 6.04 Å². The van der Waals surface area contributed by atoms with E-state index in [-0.39, 0.29) is 18.7 Å². The molecule has 0 aliphatic carbocycles. The number of benzene rings is 2. The first-order chi connectivity index (χ1) is 11.7. The van der Waals surface area contributed by atoms with Crippen LogP contribution in [0, 0.1) is 0 Å². The number of aliphatic imine (C=N–C) groups is 1. The molecule has 0 unspecified atom stereocenters. The molecule has 0 spiro atoms. The molecule has 0 radical (unpaired) electrons. The van der Waals surface area contributed by atoms with Gasteiger partial charge in [0.15, 0.2) is 0 Å². The zero-order valence-corrected chi connectivity index (χ0v) is 12.9. The molecule has 1 heterocycles. The topological polar surface area (TPSA) is 90.8 Å². The maximum Gasteiger partial charge on any atom is 0.249 e. The van der Waals surface area contributed by atoms with Gasteiger partial charge in [0, 0.05) is 17.5 Å². The first-order valence-corrected chi connectivity index (χ1v) is 7.65. The van der Waals surface area contributed by atoms with E-state index in [1.54, 1.807) is 5.48 Å². The van der Waals surface area contributed by atoms with Gasteiger partial charge in [-0.15, -0.1) is 0 Å². The number of nitrogens with one attached hydrogen (secondary N) is 2. The minimum absolute atomic E-state index is 0.0104. The van der Waals surface area contributed by atoms with Gasteiger partial charge in [-0.3, -0.25) is 19.8 Å². The number of para-hydroxylation sites is 1. The number of benzodiazepines with no additional fused rings is 1. The highest BCUT2D eigenvalue weighted by Crippen LogP contribution is 2.25. The number of hydrogen-bond donors (Lipinski definition) is 3. The molecule has 0 fully saturated rings. The summed E-state index contributed by atoms with van der Waals surface area (Å²) in [5.74, 6) is -0.805. The minimum Gasteiger partial charge on any atom is -0.324 e. The lowest BCUT2D eigenvalue weighted by molar-refractivity contribution is -0.129. The summed E-state index contributed by atoms with van der Waals surface area (Å²) in [4.78, 5) is 28.3. The van der Waals surface area contributed by atoms with Crippen LogP contribution in [0.2, 0.25) is 0 Å². The monoisotopic (exact) mass is 323 g/mol. The molecule has 122 valence electrons. The lowest BCUT2D eigenvalue weighted by Gasteiger charge is -2.10. The highest BCUT2D eigenvalue weighted by molar-refractivity contribution is 6.19. The van der Waals surface area contributed by atoms with Crippen LogP contribution in [0.4, 0.5) is 5.69 Å². The van der Waals surface area contributed by atoms with Crippen LogP contribution in [-0.2, 0) is 9.59 Å². The van der Waals surface area contributed by atoms with Crippen LogP contribution in [0.5, 0.6) is 0 Å². The molecule has 2 aromatic rings. The van der Waals surface area contributed by atoms with Crippen molar-refractivity contribution in [1.29, 1.82) is 0 Å². The van der Waals surface area contributed by atoms with Gasteiger partial charge in [-0.05, 0) is 12.5 Å². The molecule has 0 saturated carbocycles. The molecule has 0 saturated heterocycles. The van der Waals surface area contributed by atoms with Crippen molar-refractivity contribution in [2.75, 3.05) is 5.32 Å². The molecule has 0 aromatic heterocycles. The maximum atomic E-state index is 12.4. The maximum absolute atomic E-state index is 12.4. The number of rotatable bonds is 4. The number of fused-ring (bicyclic) bond motifs is 1. The smallest absolute Gasteiger partial charge is 0.249 e. The van der Waals surface area contributed by atoms with E-state index in [2.05, 4.69) is 10.3 Å². The summed E-state index contributed by atoms with van der Waals surface area (Å²) in [7, 11) is 0.